The van der Waals surface area contributed by atoms with Crippen molar-refractivity contribution in [1.29, 1.82) is 0 Å². The topological polar surface area (TPSA) is 54.7 Å². The normalized spacial score (nSPS) is 10.9. The molecule has 0 radical (unpaired) electrons. The number of thiophene rings is 1. The zero-order chi connectivity index (χ0) is 11.5. The Morgan fingerprint density at radius 3 is 2.62 bits per heavy atom. The van der Waals surface area contributed by atoms with Crippen LogP contribution in [0.2, 0.25) is 0 Å². The molecule has 86 valence electrons. The summed E-state index contributed by atoms with van der Waals surface area (Å²) >= 11 is 1.71. The second-order valence-electron chi connectivity index (χ2n) is 3.69. The van der Waals surface area contributed by atoms with Crippen LogP contribution < -0.4 is 5.73 Å². The number of nitrogens with two attached hydrogens (primary N) is 1. The van der Waals surface area contributed by atoms with E-state index < -0.39 is 0 Å². The summed E-state index contributed by atoms with van der Waals surface area (Å²) in [6.45, 7) is 4.89. The van der Waals surface area contributed by atoms with E-state index in [4.69, 9.17) is 5.73 Å². The number of rotatable bonds is 4. The molecule has 2 heterocycles. The van der Waals surface area contributed by atoms with Gasteiger partial charge in [0.1, 0.15) is 5.82 Å². The fourth-order valence-electron chi connectivity index (χ4n) is 1.76. The molecule has 0 aromatic carbocycles. The minimum absolute atomic E-state index is 0.604. The maximum atomic E-state index is 5.61. The Labute approximate surface area is 99.7 Å². The number of aromatic amines is 1. The smallest absolute Gasteiger partial charge is 0.147 e. The standard InChI is InChI=1S/C12H17N3S/c1-3-9-10(4-2)15-12(14-9)11-6-5-8(7-13)16-11/h5-6H,3-4,7,13H2,1-2H3,(H,14,15). The minimum Gasteiger partial charge on any atom is -0.341 e. The summed E-state index contributed by atoms with van der Waals surface area (Å²) in [5.41, 5.74) is 8.04. The summed E-state index contributed by atoms with van der Waals surface area (Å²) in [6, 6.07) is 4.16. The first-order chi connectivity index (χ1) is 7.78. The van der Waals surface area contributed by atoms with E-state index in [2.05, 4.69) is 35.9 Å². The maximum Gasteiger partial charge on any atom is 0.147 e. The third-order valence-electron chi connectivity index (χ3n) is 2.65. The number of aromatic nitrogens is 2. The van der Waals surface area contributed by atoms with Crippen molar-refractivity contribution in [3.63, 3.8) is 0 Å². The zero-order valence-electron chi connectivity index (χ0n) is 9.71. The first-order valence-electron chi connectivity index (χ1n) is 5.65. The van der Waals surface area contributed by atoms with Gasteiger partial charge in [-0.1, -0.05) is 13.8 Å². The SMILES string of the molecule is CCc1nc(-c2ccc(CN)s2)[nH]c1CC. The summed E-state index contributed by atoms with van der Waals surface area (Å²) in [7, 11) is 0. The van der Waals surface area contributed by atoms with Crippen LogP contribution in [0, 0.1) is 0 Å². The summed E-state index contributed by atoms with van der Waals surface area (Å²) in [4.78, 5) is 10.4. The molecule has 2 aromatic heterocycles. The van der Waals surface area contributed by atoms with Crippen LogP contribution in [-0.4, -0.2) is 9.97 Å². The fraction of sp³-hybridized carbons (Fsp3) is 0.417. The molecule has 0 spiro atoms. The van der Waals surface area contributed by atoms with Crippen LogP contribution in [-0.2, 0) is 19.4 Å². The van der Waals surface area contributed by atoms with Gasteiger partial charge in [-0.05, 0) is 25.0 Å². The average molecular weight is 235 g/mol. The average Bonchev–Trinajstić information content (AvgIpc) is 2.94. The molecule has 16 heavy (non-hydrogen) atoms. The lowest BCUT2D eigenvalue weighted by molar-refractivity contribution is 0.979. The van der Waals surface area contributed by atoms with E-state index in [1.54, 1.807) is 11.3 Å². The Morgan fingerprint density at radius 2 is 2.12 bits per heavy atom. The van der Waals surface area contributed by atoms with Gasteiger partial charge in [-0.25, -0.2) is 4.98 Å². The molecule has 0 saturated heterocycles. The molecule has 0 atom stereocenters. The number of nitrogens with zero attached hydrogens (tertiary/aromatic N) is 1. The minimum atomic E-state index is 0.604. The second kappa shape index (κ2) is 4.80. The number of hydrogen-bond donors (Lipinski definition) is 2. The summed E-state index contributed by atoms with van der Waals surface area (Å²) < 4.78 is 0. The number of H-pyrrole nitrogens is 1. The highest BCUT2D eigenvalue weighted by Crippen LogP contribution is 2.26. The molecule has 4 heteroatoms. The Morgan fingerprint density at radius 1 is 1.31 bits per heavy atom. The van der Waals surface area contributed by atoms with Gasteiger partial charge in [0.05, 0.1) is 10.6 Å². The molecular weight excluding hydrogens is 218 g/mol. The fourth-order valence-corrected chi connectivity index (χ4v) is 2.59. The molecule has 0 bridgehead atoms. The molecule has 0 unspecified atom stereocenters. The number of imidazole rings is 1. The van der Waals surface area contributed by atoms with Crippen molar-refractivity contribution in [1.82, 2.24) is 9.97 Å². The molecule has 0 aliphatic rings. The van der Waals surface area contributed by atoms with Crippen molar-refractivity contribution in [3.8, 4) is 10.7 Å². The van der Waals surface area contributed by atoms with Gasteiger partial charge in [0, 0.05) is 17.1 Å². The van der Waals surface area contributed by atoms with Gasteiger partial charge in [-0.3, -0.25) is 0 Å². The number of hydrogen-bond acceptors (Lipinski definition) is 3. The van der Waals surface area contributed by atoms with Crippen molar-refractivity contribution >= 4 is 11.3 Å². The van der Waals surface area contributed by atoms with Gasteiger partial charge in [0.2, 0.25) is 0 Å². The molecule has 0 amide bonds. The molecule has 0 aliphatic heterocycles. The van der Waals surface area contributed by atoms with E-state index in [9.17, 15) is 0 Å². The summed E-state index contributed by atoms with van der Waals surface area (Å²) in [5.74, 6) is 0.985. The van der Waals surface area contributed by atoms with Crippen molar-refractivity contribution in [2.24, 2.45) is 5.73 Å². The first kappa shape index (κ1) is 11.4. The third-order valence-corrected chi connectivity index (χ3v) is 3.76. The lowest BCUT2D eigenvalue weighted by Crippen LogP contribution is -1.91. The highest BCUT2D eigenvalue weighted by atomic mass is 32.1. The van der Waals surface area contributed by atoms with Crippen LogP contribution in [0.25, 0.3) is 10.7 Å². The van der Waals surface area contributed by atoms with Crippen molar-refractivity contribution in [3.05, 3.63) is 28.4 Å². The molecule has 3 N–H and O–H groups in total. The Bertz CT molecular complexity index is 449. The Kier molecular flexibility index (Phi) is 3.41. The lowest BCUT2D eigenvalue weighted by atomic mass is 10.2. The van der Waals surface area contributed by atoms with Crippen LogP contribution in [0.5, 0.6) is 0 Å². The van der Waals surface area contributed by atoms with Gasteiger partial charge >= 0.3 is 0 Å². The number of aryl methyl sites for hydroxylation is 2. The predicted octanol–water partition coefficient (Wildman–Crippen LogP) is 2.72. The van der Waals surface area contributed by atoms with Crippen molar-refractivity contribution < 1.29 is 0 Å². The molecular formula is C12H17N3S. The molecule has 0 aliphatic carbocycles. The second-order valence-corrected chi connectivity index (χ2v) is 4.86. The first-order valence-corrected chi connectivity index (χ1v) is 6.47. The molecule has 2 aromatic rings. The van der Waals surface area contributed by atoms with Gasteiger partial charge in [0.15, 0.2) is 0 Å². The van der Waals surface area contributed by atoms with E-state index in [0.29, 0.717) is 6.54 Å². The van der Waals surface area contributed by atoms with Gasteiger partial charge in [0.25, 0.3) is 0 Å². The monoisotopic (exact) mass is 235 g/mol. The van der Waals surface area contributed by atoms with E-state index >= 15 is 0 Å². The highest BCUT2D eigenvalue weighted by Gasteiger charge is 2.10. The van der Waals surface area contributed by atoms with Crippen LogP contribution in [0.3, 0.4) is 0 Å². The zero-order valence-corrected chi connectivity index (χ0v) is 10.5. The van der Waals surface area contributed by atoms with E-state index in [-0.39, 0.29) is 0 Å². The largest absolute Gasteiger partial charge is 0.341 e. The van der Waals surface area contributed by atoms with E-state index in [0.717, 1.165) is 18.7 Å². The van der Waals surface area contributed by atoms with Crippen LogP contribution >= 0.6 is 11.3 Å². The van der Waals surface area contributed by atoms with Crippen molar-refractivity contribution in [2.45, 2.75) is 33.2 Å². The van der Waals surface area contributed by atoms with Gasteiger partial charge < -0.3 is 10.7 Å². The summed E-state index contributed by atoms with van der Waals surface area (Å²) in [5, 5.41) is 0. The number of nitrogens with one attached hydrogen (secondary N) is 1. The summed E-state index contributed by atoms with van der Waals surface area (Å²) in [6.07, 6.45) is 1.99. The third kappa shape index (κ3) is 2.03. The Balaban J connectivity index is 2.36. The maximum absolute atomic E-state index is 5.61. The predicted molar refractivity (Wildman–Crippen MR) is 68.5 cm³/mol. The quantitative estimate of drug-likeness (QED) is 0.856. The van der Waals surface area contributed by atoms with E-state index in [1.165, 1.54) is 21.1 Å². The Hall–Kier alpha value is -1.13. The van der Waals surface area contributed by atoms with Crippen LogP contribution in [0.15, 0.2) is 12.1 Å². The molecule has 2 rings (SSSR count). The van der Waals surface area contributed by atoms with Crippen LogP contribution in [0.4, 0.5) is 0 Å². The molecule has 3 nitrogen and oxygen atoms in total. The highest BCUT2D eigenvalue weighted by molar-refractivity contribution is 7.15. The van der Waals surface area contributed by atoms with Crippen LogP contribution in [0.1, 0.15) is 30.1 Å². The van der Waals surface area contributed by atoms with E-state index in [1.807, 2.05) is 0 Å². The van der Waals surface area contributed by atoms with Gasteiger partial charge in [-0.15, -0.1) is 11.3 Å². The van der Waals surface area contributed by atoms with Crippen molar-refractivity contribution in [2.75, 3.05) is 0 Å². The van der Waals surface area contributed by atoms with Gasteiger partial charge in [-0.2, -0.15) is 0 Å². The molecule has 0 saturated carbocycles. The molecule has 0 fully saturated rings. The lowest BCUT2D eigenvalue weighted by Gasteiger charge is -1.92.